The highest BCUT2D eigenvalue weighted by atomic mass is 19.1. The molecule has 30 heavy (non-hydrogen) atoms. The summed E-state index contributed by atoms with van der Waals surface area (Å²) in [4.78, 5) is 22.0. The number of carboxylic acid groups (broad SMARTS) is 1. The lowest BCUT2D eigenvalue weighted by atomic mass is 10.0. The average molecular weight is 407 g/mol. The van der Waals surface area contributed by atoms with Crippen LogP contribution in [0.4, 0.5) is 10.2 Å². The van der Waals surface area contributed by atoms with Crippen LogP contribution >= 0.6 is 0 Å². The molecular formula is C23H22FN3O3. The zero-order chi connectivity index (χ0) is 20.9. The Morgan fingerprint density at radius 3 is 2.30 bits per heavy atom. The summed E-state index contributed by atoms with van der Waals surface area (Å²) >= 11 is 0. The second kappa shape index (κ2) is 9.00. The molecule has 0 radical (unpaired) electrons. The fourth-order valence-corrected chi connectivity index (χ4v) is 3.59. The maximum absolute atomic E-state index is 14.6. The Kier molecular flexibility index (Phi) is 5.99. The fourth-order valence-electron chi connectivity index (χ4n) is 3.59. The van der Waals surface area contributed by atoms with Gasteiger partial charge < -0.3 is 14.7 Å². The van der Waals surface area contributed by atoms with Gasteiger partial charge in [-0.3, -0.25) is 4.98 Å². The molecule has 0 spiro atoms. The van der Waals surface area contributed by atoms with Crippen molar-refractivity contribution >= 4 is 11.8 Å². The molecule has 2 heterocycles. The van der Waals surface area contributed by atoms with Gasteiger partial charge in [0.25, 0.3) is 0 Å². The molecule has 1 aliphatic heterocycles. The minimum atomic E-state index is -1.30. The first-order valence-electron chi connectivity index (χ1n) is 9.82. The summed E-state index contributed by atoms with van der Waals surface area (Å²) < 4.78 is 19.8. The Hall–Kier alpha value is -3.32. The Balaban J connectivity index is 1.62. The van der Waals surface area contributed by atoms with E-state index in [4.69, 9.17) is 14.8 Å². The van der Waals surface area contributed by atoms with Gasteiger partial charge in [-0.15, -0.1) is 0 Å². The number of hydrogen-bond donors (Lipinski definition) is 1. The second-order valence-corrected chi connectivity index (χ2v) is 7.15. The predicted molar refractivity (Wildman–Crippen MR) is 112 cm³/mol. The lowest BCUT2D eigenvalue weighted by Gasteiger charge is -2.35. The number of rotatable bonds is 6. The molecule has 1 saturated heterocycles. The van der Waals surface area contributed by atoms with Gasteiger partial charge in [0.15, 0.2) is 0 Å². The summed E-state index contributed by atoms with van der Waals surface area (Å²) in [7, 11) is 0. The number of aliphatic carboxylic acids is 1. The van der Waals surface area contributed by atoms with E-state index in [-0.39, 0.29) is 6.54 Å². The Labute approximate surface area is 174 Å². The zero-order valence-corrected chi connectivity index (χ0v) is 16.3. The van der Waals surface area contributed by atoms with E-state index in [1.807, 2.05) is 65.6 Å². The van der Waals surface area contributed by atoms with Crippen molar-refractivity contribution in [2.24, 2.45) is 0 Å². The smallest absolute Gasteiger partial charge is 0.329 e. The average Bonchev–Trinajstić information content (AvgIpc) is 2.79. The lowest BCUT2D eigenvalue weighted by molar-refractivity contribution is -0.146. The molecular weight excluding hydrogens is 385 g/mol. The summed E-state index contributed by atoms with van der Waals surface area (Å²) in [5.41, 5.74) is 3.39. The van der Waals surface area contributed by atoms with Crippen molar-refractivity contribution in [3.8, 4) is 22.5 Å². The highest BCUT2D eigenvalue weighted by Gasteiger charge is 2.31. The molecule has 2 aromatic carbocycles. The monoisotopic (exact) mass is 407 g/mol. The molecule has 0 saturated carbocycles. The number of carboxylic acids is 1. The van der Waals surface area contributed by atoms with Gasteiger partial charge in [0.1, 0.15) is 18.6 Å². The van der Waals surface area contributed by atoms with E-state index in [1.54, 1.807) is 6.20 Å². The Morgan fingerprint density at radius 1 is 1.07 bits per heavy atom. The highest BCUT2D eigenvalue weighted by molar-refractivity contribution is 5.78. The first kappa shape index (κ1) is 20.0. The predicted octanol–water partition coefficient (Wildman–Crippen LogP) is 3.83. The van der Waals surface area contributed by atoms with Crippen LogP contribution < -0.4 is 4.90 Å². The van der Waals surface area contributed by atoms with Gasteiger partial charge in [-0.2, -0.15) is 0 Å². The molecule has 1 aliphatic rings. The number of benzene rings is 2. The third-order valence-corrected chi connectivity index (χ3v) is 5.08. The number of halogens is 1. The van der Waals surface area contributed by atoms with Crippen LogP contribution in [0.15, 0.2) is 66.9 Å². The van der Waals surface area contributed by atoms with E-state index in [1.165, 1.54) is 0 Å². The summed E-state index contributed by atoms with van der Waals surface area (Å²) in [6.07, 6.45) is 0.0355. The topological polar surface area (TPSA) is 75.6 Å². The number of aromatic nitrogens is 2. The van der Waals surface area contributed by atoms with E-state index < -0.39 is 24.9 Å². The molecule has 7 heteroatoms. The second-order valence-electron chi connectivity index (χ2n) is 7.15. The minimum absolute atomic E-state index is 0.0812. The quantitative estimate of drug-likeness (QED) is 0.669. The van der Waals surface area contributed by atoms with Gasteiger partial charge in [0, 0.05) is 17.7 Å². The molecule has 2 atom stereocenters. The van der Waals surface area contributed by atoms with Crippen LogP contribution in [0, 0.1) is 0 Å². The molecule has 1 aromatic heterocycles. The van der Waals surface area contributed by atoms with Gasteiger partial charge in [0.2, 0.25) is 0 Å². The number of alkyl halides is 1. The lowest BCUT2D eigenvalue weighted by Crippen LogP contribution is -2.46. The van der Waals surface area contributed by atoms with Gasteiger partial charge >= 0.3 is 5.97 Å². The Bertz CT molecular complexity index is 1000. The van der Waals surface area contributed by atoms with Crippen LogP contribution in [0.2, 0.25) is 0 Å². The molecule has 0 bridgehead atoms. The molecule has 154 valence electrons. The van der Waals surface area contributed by atoms with Gasteiger partial charge in [-0.05, 0) is 6.42 Å². The van der Waals surface area contributed by atoms with Crippen molar-refractivity contribution in [1.82, 2.24) is 9.97 Å². The number of ether oxygens (including phenoxy) is 1. The summed E-state index contributed by atoms with van der Waals surface area (Å²) in [6, 6.07) is 19.6. The number of anilines is 1. The van der Waals surface area contributed by atoms with Crippen LogP contribution in [0.1, 0.15) is 6.42 Å². The van der Waals surface area contributed by atoms with Crippen LogP contribution in [-0.2, 0) is 9.53 Å². The number of piperidine rings is 1. The normalized spacial score (nSPS) is 18.9. The molecule has 0 aliphatic carbocycles. The maximum Gasteiger partial charge on any atom is 0.329 e. The Morgan fingerprint density at radius 2 is 1.70 bits per heavy atom. The first-order valence-corrected chi connectivity index (χ1v) is 9.82. The third kappa shape index (κ3) is 4.46. The summed E-state index contributed by atoms with van der Waals surface area (Å²) in [5.74, 6) is -0.507. The van der Waals surface area contributed by atoms with E-state index in [2.05, 4.69) is 4.98 Å². The first-order chi connectivity index (χ1) is 14.6. The van der Waals surface area contributed by atoms with Crippen LogP contribution in [0.3, 0.4) is 0 Å². The largest absolute Gasteiger partial charge is 0.480 e. The number of hydrogen-bond acceptors (Lipinski definition) is 5. The highest BCUT2D eigenvalue weighted by Crippen LogP contribution is 2.31. The van der Waals surface area contributed by atoms with Gasteiger partial charge in [-0.25, -0.2) is 14.2 Å². The van der Waals surface area contributed by atoms with Crippen LogP contribution in [-0.4, -0.2) is 53.0 Å². The maximum atomic E-state index is 14.6. The van der Waals surface area contributed by atoms with E-state index in [0.29, 0.717) is 18.8 Å². The molecule has 0 amide bonds. The van der Waals surface area contributed by atoms with E-state index in [9.17, 15) is 9.18 Å². The minimum Gasteiger partial charge on any atom is -0.480 e. The fraction of sp³-hybridized carbons (Fsp3) is 0.261. The summed E-state index contributed by atoms with van der Waals surface area (Å²) in [5, 5.41) is 8.74. The third-order valence-electron chi connectivity index (χ3n) is 5.08. The molecule has 1 N–H and O–H groups in total. The zero-order valence-electron chi connectivity index (χ0n) is 16.3. The van der Waals surface area contributed by atoms with Crippen LogP contribution in [0.25, 0.3) is 22.5 Å². The number of carbonyl (C=O) groups is 1. The SMILES string of the molecule is O=C(O)COC1CCN(c2cnc(-c3ccccc3)c(-c3ccccc3)n2)CC1F. The van der Waals surface area contributed by atoms with Gasteiger partial charge in [-0.1, -0.05) is 60.7 Å². The van der Waals surface area contributed by atoms with Crippen molar-refractivity contribution in [2.45, 2.75) is 18.7 Å². The van der Waals surface area contributed by atoms with E-state index >= 15 is 0 Å². The van der Waals surface area contributed by atoms with Crippen molar-refractivity contribution in [3.05, 3.63) is 66.9 Å². The molecule has 1 fully saturated rings. The van der Waals surface area contributed by atoms with Crippen molar-refractivity contribution < 1.29 is 19.0 Å². The summed E-state index contributed by atoms with van der Waals surface area (Å²) in [6.45, 7) is 0.102. The molecule has 6 nitrogen and oxygen atoms in total. The standard InChI is InChI=1S/C23H22FN3O3/c24-18-14-27(12-11-19(18)30-15-21(28)29)20-13-25-22(16-7-3-1-4-8-16)23(26-20)17-9-5-2-6-10-17/h1-10,13,18-19H,11-12,14-15H2,(H,28,29). The van der Waals surface area contributed by atoms with Crippen molar-refractivity contribution in [1.29, 1.82) is 0 Å². The van der Waals surface area contributed by atoms with Crippen molar-refractivity contribution in [3.63, 3.8) is 0 Å². The van der Waals surface area contributed by atoms with Gasteiger partial charge in [0.05, 0.1) is 30.2 Å². The van der Waals surface area contributed by atoms with Crippen molar-refractivity contribution in [2.75, 3.05) is 24.6 Å². The molecule has 4 rings (SSSR count). The van der Waals surface area contributed by atoms with E-state index in [0.717, 1.165) is 22.5 Å². The molecule has 2 unspecified atom stereocenters. The van der Waals surface area contributed by atoms with Crippen LogP contribution in [0.5, 0.6) is 0 Å². The number of nitrogens with zero attached hydrogens (tertiary/aromatic N) is 3. The molecule has 3 aromatic rings.